The van der Waals surface area contributed by atoms with Crippen LogP contribution in [0.5, 0.6) is 5.75 Å². The summed E-state index contributed by atoms with van der Waals surface area (Å²) in [5.41, 5.74) is 3.26. The van der Waals surface area contributed by atoms with Crippen LogP contribution < -0.4 is 4.74 Å². The molecule has 1 N–H and O–H groups in total. The number of para-hydroxylation sites is 1. The Morgan fingerprint density at radius 1 is 0.867 bits per heavy atom. The monoisotopic (exact) mass is 401 g/mol. The van der Waals surface area contributed by atoms with Gasteiger partial charge in [0.15, 0.2) is 6.10 Å². The summed E-state index contributed by atoms with van der Waals surface area (Å²) in [6, 6.07) is 24.3. The molecule has 0 aliphatic carbocycles. The zero-order chi connectivity index (χ0) is 20.9. The van der Waals surface area contributed by atoms with Crippen LogP contribution >= 0.6 is 0 Å². The maximum Gasteiger partial charge on any atom is 0.335 e. The van der Waals surface area contributed by atoms with E-state index >= 15 is 0 Å². The van der Waals surface area contributed by atoms with Crippen molar-refractivity contribution in [2.75, 3.05) is 0 Å². The number of hydrogen-bond donors (Lipinski definition) is 1. The van der Waals surface area contributed by atoms with Crippen LogP contribution in [0.25, 0.3) is 0 Å². The Morgan fingerprint density at radius 2 is 1.50 bits per heavy atom. The largest absolute Gasteiger partial charge is 0.480 e. The number of aryl methyl sites for hydroxylation is 1. The molecule has 30 heavy (non-hydrogen) atoms. The van der Waals surface area contributed by atoms with Gasteiger partial charge in [-0.1, -0.05) is 60.7 Å². The molecule has 1 aliphatic heterocycles. The molecule has 4 rings (SSSR count). The summed E-state index contributed by atoms with van der Waals surface area (Å²) in [7, 11) is 0. The van der Waals surface area contributed by atoms with Crippen LogP contribution in [0.2, 0.25) is 0 Å². The minimum atomic E-state index is -0.965. The van der Waals surface area contributed by atoms with E-state index in [1.165, 1.54) is 0 Å². The van der Waals surface area contributed by atoms with Gasteiger partial charge in [-0.05, 0) is 47.7 Å². The number of hydrogen-bond acceptors (Lipinski definition) is 3. The van der Waals surface area contributed by atoms with E-state index in [-0.39, 0.29) is 11.5 Å². The quantitative estimate of drug-likeness (QED) is 0.669. The molecule has 0 spiro atoms. The van der Waals surface area contributed by atoms with Crippen LogP contribution in [-0.2, 0) is 24.3 Å². The van der Waals surface area contributed by atoms with Crippen LogP contribution in [0.15, 0.2) is 78.9 Å². The van der Waals surface area contributed by atoms with Crippen molar-refractivity contribution in [3.05, 3.63) is 101 Å². The third kappa shape index (κ3) is 4.51. The van der Waals surface area contributed by atoms with Crippen LogP contribution in [-0.4, -0.2) is 28.0 Å². The summed E-state index contributed by atoms with van der Waals surface area (Å²) in [6.45, 7) is 0.844. The SMILES string of the molecule is O=C(O)c1ccc(CN(Cc2ccccc2)C(=O)C2CCc3ccccc3O2)cc1. The van der Waals surface area contributed by atoms with Gasteiger partial charge in [0.1, 0.15) is 5.75 Å². The highest BCUT2D eigenvalue weighted by molar-refractivity contribution is 5.87. The van der Waals surface area contributed by atoms with Crippen LogP contribution in [0, 0.1) is 0 Å². The van der Waals surface area contributed by atoms with Gasteiger partial charge in [-0.15, -0.1) is 0 Å². The van der Waals surface area contributed by atoms with E-state index < -0.39 is 12.1 Å². The Bertz CT molecular complexity index is 1030. The summed E-state index contributed by atoms with van der Waals surface area (Å²) in [5.74, 6) is -0.253. The minimum Gasteiger partial charge on any atom is -0.480 e. The maximum atomic E-state index is 13.4. The number of ether oxygens (including phenoxy) is 1. The van der Waals surface area contributed by atoms with Crippen molar-refractivity contribution in [2.24, 2.45) is 0 Å². The van der Waals surface area contributed by atoms with E-state index in [9.17, 15) is 9.59 Å². The van der Waals surface area contributed by atoms with Gasteiger partial charge in [-0.2, -0.15) is 0 Å². The number of aromatic carboxylic acids is 1. The number of rotatable bonds is 6. The number of nitrogens with zero attached hydrogens (tertiary/aromatic N) is 1. The lowest BCUT2D eigenvalue weighted by atomic mass is 10.0. The molecule has 1 atom stereocenters. The Hall–Kier alpha value is -3.60. The van der Waals surface area contributed by atoms with Crippen LogP contribution in [0.4, 0.5) is 0 Å². The normalized spacial score (nSPS) is 15.0. The minimum absolute atomic E-state index is 0.0596. The van der Waals surface area contributed by atoms with Crippen LogP contribution in [0.1, 0.15) is 33.5 Å². The summed E-state index contributed by atoms with van der Waals surface area (Å²) < 4.78 is 6.03. The second-order valence-corrected chi connectivity index (χ2v) is 7.43. The molecule has 0 saturated heterocycles. The number of amides is 1. The molecule has 5 heteroatoms. The number of benzene rings is 3. The third-order valence-corrected chi connectivity index (χ3v) is 5.30. The number of carboxylic acid groups (broad SMARTS) is 1. The van der Waals surface area contributed by atoms with Gasteiger partial charge in [0.25, 0.3) is 5.91 Å². The molecule has 1 aliphatic rings. The Labute approximate surface area is 175 Å². The van der Waals surface area contributed by atoms with Gasteiger partial charge in [0.2, 0.25) is 0 Å². The second-order valence-electron chi connectivity index (χ2n) is 7.43. The number of fused-ring (bicyclic) bond motifs is 1. The van der Waals surface area contributed by atoms with Crippen molar-refractivity contribution in [1.29, 1.82) is 0 Å². The van der Waals surface area contributed by atoms with E-state index in [1.54, 1.807) is 29.2 Å². The predicted octanol–water partition coefficient (Wildman–Crippen LogP) is 4.31. The lowest BCUT2D eigenvalue weighted by molar-refractivity contribution is -0.140. The number of carboxylic acids is 1. The van der Waals surface area contributed by atoms with Gasteiger partial charge in [-0.25, -0.2) is 4.79 Å². The molecule has 1 amide bonds. The van der Waals surface area contributed by atoms with E-state index in [2.05, 4.69) is 0 Å². The van der Waals surface area contributed by atoms with Gasteiger partial charge >= 0.3 is 5.97 Å². The lowest BCUT2D eigenvalue weighted by Crippen LogP contribution is -2.42. The van der Waals surface area contributed by atoms with Gasteiger partial charge in [0.05, 0.1) is 5.56 Å². The van der Waals surface area contributed by atoms with E-state index in [0.29, 0.717) is 19.5 Å². The first-order chi connectivity index (χ1) is 14.6. The molecule has 1 heterocycles. The van der Waals surface area contributed by atoms with Crippen molar-refractivity contribution < 1.29 is 19.4 Å². The summed E-state index contributed by atoms with van der Waals surface area (Å²) in [4.78, 5) is 26.3. The number of carbonyl (C=O) groups excluding carboxylic acids is 1. The highest BCUT2D eigenvalue weighted by Crippen LogP contribution is 2.28. The summed E-state index contributed by atoms with van der Waals surface area (Å²) in [5, 5.41) is 9.11. The standard InChI is InChI=1S/C25H23NO4/c27-24(23-15-14-20-8-4-5-9-22(20)30-23)26(16-18-6-2-1-3-7-18)17-19-10-12-21(13-11-19)25(28)29/h1-13,23H,14-17H2,(H,28,29). The van der Waals surface area contributed by atoms with Gasteiger partial charge in [0, 0.05) is 13.1 Å². The fourth-order valence-corrected chi connectivity index (χ4v) is 3.69. The maximum absolute atomic E-state index is 13.4. The Balaban J connectivity index is 1.55. The van der Waals surface area contributed by atoms with E-state index in [0.717, 1.165) is 28.9 Å². The zero-order valence-corrected chi connectivity index (χ0v) is 16.5. The fourth-order valence-electron chi connectivity index (χ4n) is 3.69. The smallest absolute Gasteiger partial charge is 0.335 e. The van der Waals surface area contributed by atoms with E-state index in [4.69, 9.17) is 9.84 Å². The molecule has 152 valence electrons. The van der Waals surface area contributed by atoms with Gasteiger partial charge in [-0.3, -0.25) is 4.79 Å². The van der Waals surface area contributed by atoms with Crippen molar-refractivity contribution in [2.45, 2.75) is 32.0 Å². The van der Waals surface area contributed by atoms with Crippen LogP contribution in [0.3, 0.4) is 0 Å². The number of carbonyl (C=O) groups is 2. The molecule has 0 saturated carbocycles. The second kappa shape index (κ2) is 8.82. The predicted molar refractivity (Wildman–Crippen MR) is 113 cm³/mol. The van der Waals surface area contributed by atoms with Crippen molar-refractivity contribution in [3.63, 3.8) is 0 Å². The third-order valence-electron chi connectivity index (χ3n) is 5.30. The Morgan fingerprint density at radius 3 is 2.20 bits per heavy atom. The summed E-state index contributed by atoms with van der Waals surface area (Å²) >= 11 is 0. The van der Waals surface area contributed by atoms with Crippen molar-refractivity contribution in [3.8, 4) is 5.75 Å². The highest BCUT2D eigenvalue weighted by Gasteiger charge is 2.30. The molecule has 0 fully saturated rings. The molecule has 0 aromatic heterocycles. The molecule has 0 radical (unpaired) electrons. The Kier molecular flexibility index (Phi) is 5.80. The highest BCUT2D eigenvalue weighted by atomic mass is 16.5. The zero-order valence-electron chi connectivity index (χ0n) is 16.5. The molecular weight excluding hydrogens is 378 g/mol. The first-order valence-corrected chi connectivity index (χ1v) is 9.99. The molecule has 0 bridgehead atoms. The van der Waals surface area contributed by atoms with E-state index in [1.807, 2.05) is 54.6 Å². The average Bonchev–Trinajstić information content (AvgIpc) is 2.79. The first-order valence-electron chi connectivity index (χ1n) is 9.99. The average molecular weight is 401 g/mol. The molecule has 3 aromatic carbocycles. The van der Waals surface area contributed by atoms with Gasteiger partial charge < -0.3 is 14.7 Å². The fraction of sp³-hybridized carbons (Fsp3) is 0.200. The van der Waals surface area contributed by atoms with Crippen molar-refractivity contribution in [1.82, 2.24) is 4.90 Å². The molecular formula is C25H23NO4. The molecule has 3 aromatic rings. The molecule has 5 nitrogen and oxygen atoms in total. The first kappa shape index (κ1) is 19.7. The lowest BCUT2D eigenvalue weighted by Gasteiger charge is -2.31. The van der Waals surface area contributed by atoms with Crippen molar-refractivity contribution >= 4 is 11.9 Å². The molecule has 1 unspecified atom stereocenters. The topological polar surface area (TPSA) is 66.8 Å². The summed E-state index contributed by atoms with van der Waals surface area (Å²) in [6.07, 6.45) is 0.917.